The highest BCUT2D eigenvalue weighted by Gasteiger charge is 2.47. The molecule has 3 heterocycles. The van der Waals surface area contributed by atoms with Gasteiger partial charge in [-0.25, -0.2) is 8.78 Å². The maximum absolute atomic E-state index is 14.6. The SMILES string of the molecule is CCc1oc(N2CC3CCOC3C2)nc1C(=O)Nc1cc(F)c(O[C@@H]2CC3C[C@@H]3C2)c(F)c1. The van der Waals surface area contributed by atoms with Gasteiger partial charge < -0.3 is 24.1 Å². The van der Waals surface area contributed by atoms with Crippen molar-refractivity contribution in [3.05, 3.63) is 35.2 Å². The summed E-state index contributed by atoms with van der Waals surface area (Å²) >= 11 is 0. The predicted octanol–water partition coefficient (Wildman–Crippen LogP) is 4.17. The highest BCUT2D eigenvalue weighted by atomic mass is 19.1. The molecule has 0 bridgehead atoms. The van der Waals surface area contributed by atoms with E-state index in [0.717, 1.165) is 44.5 Å². The van der Waals surface area contributed by atoms with E-state index in [1.54, 1.807) is 0 Å². The summed E-state index contributed by atoms with van der Waals surface area (Å²) in [6, 6.07) is 2.54. The van der Waals surface area contributed by atoms with E-state index in [1.165, 1.54) is 6.42 Å². The van der Waals surface area contributed by atoms with Crippen molar-refractivity contribution in [3.8, 4) is 5.75 Å². The van der Waals surface area contributed by atoms with E-state index in [9.17, 15) is 13.6 Å². The monoisotopic (exact) mass is 459 g/mol. The Balaban J connectivity index is 1.16. The molecule has 1 N–H and O–H groups in total. The van der Waals surface area contributed by atoms with Crippen LogP contribution in [0, 0.1) is 29.4 Å². The number of anilines is 2. The molecule has 0 radical (unpaired) electrons. The molecule has 2 aliphatic carbocycles. The van der Waals surface area contributed by atoms with Crippen molar-refractivity contribution in [2.75, 3.05) is 29.9 Å². The molecule has 6 rings (SSSR count). The lowest BCUT2D eigenvalue weighted by atomic mass is 10.1. The number of fused-ring (bicyclic) bond motifs is 2. The average Bonchev–Trinajstić information content (AvgIpc) is 3.25. The van der Waals surface area contributed by atoms with Crippen LogP contribution < -0.4 is 15.0 Å². The van der Waals surface area contributed by atoms with Crippen LogP contribution in [0.3, 0.4) is 0 Å². The lowest BCUT2D eigenvalue weighted by Crippen LogP contribution is -2.23. The molecule has 7 nitrogen and oxygen atoms in total. The van der Waals surface area contributed by atoms with E-state index in [2.05, 4.69) is 10.3 Å². The van der Waals surface area contributed by atoms with Crippen molar-refractivity contribution in [3.63, 3.8) is 0 Å². The van der Waals surface area contributed by atoms with E-state index in [4.69, 9.17) is 13.9 Å². The normalized spacial score (nSPS) is 29.8. The minimum atomic E-state index is -0.828. The Bertz CT molecular complexity index is 1040. The van der Waals surface area contributed by atoms with Gasteiger partial charge in [0.25, 0.3) is 11.9 Å². The summed E-state index contributed by atoms with van der Waals surface area (Å²) in [6.45, 7) is 4.09. The summed E-state index contributed by atoms with van der Waals surface area (Å²) in [4.78, 5) is 19.3. The second-order valence-electron chi connectivity index (χ2n) is 9.68. The molecule has 1 aromatic heterocycles. The Labute approximate surface area is 190 Å². The van der Waals surface area contributed by atoms with Crippen molar-refractivity contribution in [1.29, 1.82) is 0 Å². The van der Waals surface area contributed by atoms with Gasteiger partial charge in [0.15, 0.2) is 23.1 Å². The fraction of sp³-hybridized carbons (Fsp3) is 0.583. The van der Waals surface area contributed by atoms with Crippen molar-refractivity contribution in [2.45, 2.75) is 51.2 Å². The van der Waals surface area contributed by atoms with Crippen LogP contribution in [0.4, 0.5) is 20.5 Å². The molecule has 5 atom stereocenters. The topological polar surface area (TPSA) is 76.8 Å². The minimum Gasteiger partial charge on any atom is -0.484 e. The molecule has 2 saturated heterocycles. The molecule has 4 fully saturated rings. The van der Waals surface area contributed by atoms with Gasteiger partial charge in [-0.1, -0.05) is 6.92 Å². The van der Waals surface area contributed by atoms with Crippen molar-refractivity contribution >= 4 is 17.6 Å². The number of nitrogens with zero attached hydrogens (tertiary/aromatic N) is 2. The van der Waals surface area contributed by atoms with E-state index < -0.39 is 17.5 Å². The van der Waals surface area contributed by atoms with Crippen LogP contribution in [0.25, 0.3) is 0 Å². The zero-order valence-corrected chi connectivity index (χ0v) is 18.5. The molecule has 4 aliphatic rings. The van der Waals surface area contributed by atoms with Gasteiger partial charge >= 0.3 is 0 Å². The standard InChI is InChI=1S/C24H27F2N3O4/c1-2-19-21(28-24(33-19)29-10-12-3-4-31-20(12)11-29)23(30)27-15-8-17(25)22(18(26)9-15)32-16-6-13-5-14(13)7-16/h8-9,12-14,16,20H,2-7,10-11H2,1H3,(H,27,30)/t12?,13-,14?,16+,20?/m1/s1. The van der Waals surface area contributed by atoms with Gasteiger partial charge in [-0.2, -0.15) is 4.98 Å². The molecule has 9 heteroatoms. The summed E-state index contributed by atoms with van der Waals surface area (Å²) in [5.41, 5.74) is 0.129. The lowest BCUT2D eigenvalue weighted by Gasteiger charge is -2.17. The summed E-state index contributed by atoms with van der Waals surface area (Å²) in [6.07, 6.45) is 4.39. The number of nitrogens with one attached hydrogen (secondary N) is 1. The van der Waals surface area contributed by atoms with Crippen molar-refractivity contribution in [1.82, 2.24) is 4.98 Å². The van der Waals surface area contributed by atoms with Crippen LogP contribution in [-0.4, -0.2) is 42.8 Å². The fourth-order valence-corrected chi connectivity index (χ4v) is 5.58. The summed E-state index contributed by atoms with van der Waals surface area (Å²) in [5, 5.41) is 2.55. The second kappa shape index (κ2) is 7.97. The third kappa shape index (κ3) is 3.86. The summed E-state index contributed by atoms with van der Waals surface area (Å²) in [5.74, 6) is -0.431. The van der Waals surface area contributed by atoms with Crippen LogP contribution in [0.1, 0.15) is 48.9 Å². The Morgan fingerprint density at radius 3 is 2.64 bits per heavy atom. The number of carbonyl (C=O) groups is 1. The average molecular weight is 459 g/mol. The highest BCUT2D eigenvalue weighted by Crippen LogP contribution is 2.52. The number of hydrogen-bond donors (Lipinski definition) is 1. The van der Waals surface area contributed by atoms with E-state index in [-0.39, 0.29) is 29.3 Å². The number of carbonyl (C=O) groups excluding carboxylic acids is 1. The van der Waals surface area contributed by atoms with Gasteiger partial charge in [0.05, 0.1) is 12.2 Å². The maximum Gasteiger partial charge on any atom is 0.298 e. The number of aryl methyl sites for hydroxylation is 1. The lowest BCUT2D eigenvalue weighted by molar-refractivity contribution is 0.102. The minimum absolute atomic E-state index is 0.00678. The summed E-state index contributed by atoms with van der Waals surface area (Å²) in [7, 11) is 0. The van der Waals surface area contributed by atoms with Gasteiger partial charge in [0.2, 0.25) is 0 Å². The molecular formula is C24H27F2N3O4. The Hall–Kier alpha value is -2.68. The van der Waals surface area contributed by atoms with E-state index >= 15 is 0 Å². The number of halogens is 2. The molecule has 1 amide bonds. The number of amides is 1. The third-order valence-electron chi connectivity index (χ3n) is 7.44. The molecule has 1 aromatic carbocycles. The Morgan fingerprint density at radius 1 is 1.18 bits per heavy atom. The van der Waals surface area contributed by atoms with Crippen LogP contribution in [-0.2, 0) is 11.2 Å². The highest BCUT2D eigenvalue weighted by molar-refractivity contribution is 6.03. The van der Waals surface area contributed by atoms with Crippen LogP contribution in [0.2, 0.25) is 0 Å². The number of aromatic nitrogens is 1. The van der Waals surface area contributed by atoms with Gasteiger partial charge in [-0.05, 0) is 37.5 Å². The number of ether oxygens (including phenoxy) is 2. The first-order chi connectivity index (χ1) is 16.0. The molecule has 33 heavy (non-hydrogen) atoms. The van der Waals surface area contributed by atoms with Crippen LogP contribution in [0.15, 0.2) is 16.5 Å². The van der Waals surface area contributed by atoms with Gasteiger partial charge in [0.1, 0.15) is 5.76 Å². The molecule has 2 aliphatic heterocycles. The number of rotatable bonds is 6. The number of hydrogen-bond acceptors (Lipinski definition) is 6. The molecule has 0 spiro atoms. The zero-order chi connectivity index (χ0) is 22.7. The van der Waals surface area contributed by atoms with Gasteiger partial charge in [0, 0.05) is 49.9 Å². The molecule has 2 saturated carbocycles. The van der Waals surface area contributed by atoms with Gasteiger partial charge in [-0.15, -0.1) is 0 Å². The molecule has 3 unspecified atom stereocenters. The first kappa shape index (κ1) is 20.9. The van der Waals surface area contributed by atoms with Crippen molar-refractivity contribution < 1.29 is 27.5 Å². The van der Waals surface area contributed by atoms with Crippen LogP contribution >= 0.6 is 0 Å². The van der Waals surface area contributed by atoms with E-state index in [0.29, 0.717) is 42.5 Å². The molecule has 2 aromatic rings. The first-order valence-electron chi connectivity index (χ1n) is 11.8. The predicted molar refractivity (Wildman–Crippen MR) is 115 cm³/mol. The molecule has 176 valence electrons. The fourth-order valence-electron chi connectivity index (χ4n) is 5.58. The smallest absolute Gasteiger partial charge is 0.298 e. The van der Waals surface area contributed by atoms with Crippen LogP contribution in [0.5, 0.6) is 5.75 Å². The Morgan fingerprint density at radius 2 is 1.94 bits per heavy atom. The quantitative estimate of drug-likeness (QED) is 0.699. The molecular weight excluding hydrogens is 432 g/mol. The first-order valence-corrected chi connectivity index (χ1v) is 11.8. The number of oxazole rings is 1. The van der Waals surface area contributed by atoms with E-state index in [1.807, 2.05) is 11.8 Å². The number of benzene rings is 1. The Kier molecular flexibility index (Phi) is 5.05. The van der Waals surface area contributed by atoms with Gasteiger partial charge in [-0.3, -0.25) is 4.79 Å². The maximum atomic E-state index is 14.6. The largest absolute Gasteiger partial charge is 0.484 e. The second-order valence-corrected chi connectivity index (χ2v) is 9.68. The summed E-state index contributed by atoms with van der Waals surface area (Å²) < 4.78 is 46.4. The zero-order valence-electron chi connectivity index (χ0n) is 18.5. The third-order valence-corrected chi connectivity index (χ3v) is 7.44. The van der Waals surface area contributed by atoms with Crippen molar-refractivity contribution in [2.24, 2.45) is 17.8 Å².